The molecule has 3 rings (SSSR count). The number of amides is 1. The smallest absolute Gasteiger partial charge is 0.224 e. The minimum absolute atomic E-state index is 0.117. The van der Waals surface area contributed by atoms with Crippen molar-refractivity contribution in [2.75, 3.05) is 19.6 Å². The van der Waals surface area contributed by atoms with Crippen molar-refractivity contribution in [1.29, 1.82) is 0 Å². The zero-order valence-electron chi connectivity index (χ0n) is 14.1. The molecule has 2 N–H and O–H groups in total. The van der Waals surface area contributed by atoms with Gasteiger partial charge in [0.05, 0.1) is 6.42 Å². The highest BCUT2D eigenvalue weighted by molar-refractivity contribution is 5.78. The maximum absolute atomic E-state index is 12.1. The Hall–Kier alpha value is -2.13. The first-order chi connectivity index (χ1) is 11.8. The van der Waals surface area contributed by atoms with E-state index in [1.807, 2.05) is 30.3 Å². The van der Waals surface area contributed by atoms with Crippen molar-refractivity contribution in [1.82, 2.24) is 10.6 Å². The summed E-state index contributed by atoms with van der Waals surface area (Å²) in [5.74, 6) is 0.829. The number of hydrogen-bond donors (Lipinski definition) is 2. The van der Waals surface area contributed by atoms with Gasteiger partial charge in [-0.05, 0) is 55.0 Å². The van der Waals surface area contributed by atoms with Crippen molar-refractivity contribution >= 4 is 5.91 Å². The quantitative estimate of drug-likeness (QED) is 0.856. The van der Waals surface area contributed by atoms with E-state index in [-0.39, 0.29) is 5.91 Å². The molecule has 24 heavy (non-hydrogen) atoms. The lowest BCUT2D eigenvalue weighted by molar-refractivity contribution is -0.120. The van der Waals surface area contributed by atoms with Gasteiger partial charge < -0.3 is 10.6 Å². The first-order valence-corrected chi connectivity index (χ1v) is 8.93. The molecule has 1 aliphatic heterocycles. The van der Waals surface area contributed by atoms with Gasteiger partial charge in [-0.2, -0.15) is 0 Å². The molecule has 0 spiro atoms. The van der Waals surface area contributed by atoms with Gasteiger partial charge in [0.25, 0.3) is 0 Å². The molecule has 1 unspecified atom stereocenters. The Bertz CT molecular complexity index is 631. The first-order valence-electron chi connectivity index (χ1n) is 8.93. The standard InChI is InChI=1S/C21H26N2O/c24-21(23-14-12-18-5-4-13-22-16-18)15-17-8-10-20(11-9-17)19-6-2-1-3-7-19/h1-3,6-11,18,22H,4-5,12-16H2,(H,23,24). The van der Waals surface area contributed by atoms with E-state index >= 15 is 0 Å². The molecule has 2 aromatic carbocycles. The van der Waals surface area contributed by atoms with E-state index in [0.29, 0.717) is 12.3 Å². The van der Waals surface area contributed by atoms with Crippen LogP contribution in [0.5, 0.6) is 0 Å². The number of rotatable bonds is 6. The summed E-state index contributed by atoms with van der Waals surface area (Å²) in [7, 11) is 0. The first kappa shape index (κ1) is 16.7. The summed E-state index contributed by atoms with van der Waals surface area (Å²) >= 11 is 0. The molecule has 0 aliphatic carbocycles. The van der Waals surface area contributed by atoms with Crippen LogP contribution in [0.1, 0.15) is 24.8 Å². The molecule has 0 saturated carbocycles. The third-order valence-electron chi connectivity index (χ3n) is 4.70. The molecular formula is C21H26N2O. The second-order valence-electron chi connectivity index (χ2n) is 6.59. The van der Waals surface area contributed by atoms with Crippen LogP contribution >= 0.6 is 0 Å². The Labute approximate surface area is 144 Å². The molecule has 1 amide bonds. The minimum Gasteiger partial charge on any atom is -0.356 e. The summed E-state index contributed by atoms with van der Waals surface area (Å²) in [6, 6.07) is 18.6. The van der Waals surface area contributed by atoms with Crippen LogP contribution in [0.25, 0.3) is 11.1 Å². The topological polar surface area (TPSA) is 41.1 Å². The fourth-order valence-electron chi connectivity index (χ4n) is 3.28. The zero-order chi connectivity index (χ0) is 16.6. The average molecular weight is 322 g/mol. The molecule has 2 aromatic rings. The number of carbonyl (C=O) groups is 1. The molecule has 0 bridgehead atoms. The molecule has 0 aromatic heterocycles. The predicted molar refractivity (Wildman–Crippen MR) is 98.8 cm³/mol. The van der Waals surface area contributed by atoms with Crippen molar-refractivity contribution in [2.24, 2.45) is 5.92 Å². The number of piperidine rings is 1. The average Bonchev–Trinajstić information content (AvgIpc) is 2.64. The van der Waals surface area contributed by atoms with Crippen LogP contribution in [0.15, 0.2) is 54.6 Å². The Morgan fingerprint density at radius 3 is 2.50 bits per heavy atom. The van der Waals surface area contributed by atoms with Gasteiger partial charge in [-0.25, -0.2) is 0 Å². The Kier molecular flexibility index (Phi) is 6.02. The van der Waals surface area contributed by atoms with E-state index < -0.39 is 0 Å². The number of benzene rings is 2. The highest BCUT2D eigenvalue weighted by Crippen LogP contribution is 2.19. The fourth-order valence-corrected chi connectivity index (χ4v) is 3.28. The summed E-state index contributed by atoms with van der Waals surface area (Å²) in [4.78, 5) is 12.1. The van der Waals surface area contributed by atoms with Gasteiger partial charge in [0.2, 0.25) is 5.91 Å². The lowest BCUT2D eigenvalue weighted by Gasteiger charge is -2.22. The van der Waals surface area contributed by atoms with Crippen molar-refractivity contribution in [2.45, 2.75) is 25.7 Å². The van der Waals surface area contributed by atoms with E-state index in [1.54, 1.807) is 0 Å². The van der Waals surface area contributed by atoms with Crippen LogP contribution in [-0.4, -0.2) is 25.5 Å². The third kappa shape index (κ3) is 4.93. The van der Waals surface area contributed by atoms with E-state index in [2.05, 4.69) is 34.9 Å². The molecule has 1 heterocycles. The Morgan fingerprint density at radius 1 is 1.04 bits per heavy atom. The molecule has 1 fully saturated rings. The summed E-state index contributed by atoms with van der Waals surface area (Å²) in [5, 5.41) is 6.48. The lowest BCUT2D eigenvalue weighted by Crippen LogP contribution is -2.33. The number of nitrogens with one attached hydrogen (secondary N) is 2. The van der Waals surface area contributed by atoms with E-state index in [4.69, 9.17) is 0 Å². The van der Waals surface area contributed by atoms with Crippen molar-refractivity contribution in [3.05, 3.63) is 60.2 Å². The maximum Gasteiger partial charge on any atom is 0.224 e. The van der Waals surface area contributed by atoms with Crippen molar-refractivity contribution < 1.29 is 4.79 Å². The van der Waals surface area contributed by atoms with E-state index in [1.165, 1.54) is 24.0 Å². The van der Waals surface area contributed by atoms with Gasteiger partial charge in [0.15, 0.2) is 0 Å². The monoisotopic (exact) mass is 322 g/mol. The normalized spacial score (nSPS) is 17.4. The van der Waals surface area contributed by atoms with Crippen LogP contribution in [-0.2, 0) is 11.2 Å². The van der Waals surface area contributed by atoms with Crippen molar-refractivity contribution in [3.8, 4) is 11.1 Å². The number of hydrogen-bond acceptors (Lipinski definition) is 2. The SMILES string of the molecule is O=C(Cc1ccc(-c2ccccc2)cc1)NCCC1CCCNC1. The lowest BCUT2D eigenvalue weighted by atomic mass is 9.96. The minimum atomic E-state index is 0.117. The van der Waals surface area contributed by atoms with Gasteiger partial charge in [-0.15, -0.1) is 0 Å². The molecule has 3 heteroatoms. The summed E-state index contributed by atoms with van der Waals surface area (Å²) < 4.78 is 0. The van der Waals surface area contributed by atoms with Gasteiger partial charge in [0, 0.05) is 6.54 Å². The van der Waals surface area contributed by atoms with Gasteiger partial charge >= 0.3 is 0 Å². The number of carbonyl (C=O) groups excluding carboxylic acids is 1. The fraction of sp³-hybridized carbons (Fsp3) is 0.381. The second-order valence-corrected chi connectivity index (χ2v) is 6.59. The molecule has 3 nitrogen and oxygen atoms in total. The van der Waals surface area contributed by atoms with Crippen LogP contribution in [0.3, 0.4) is 0 Å². The highest BCUT2D eigenvalue weighted by Gasteiger charge is 2.12. The molecular weight excluding hydrogens is 296 g/mol. The molecule has 126 valence electrons. The summed E-state index contributed by atoms with van der Waals surface area (Å²) in [5.41, 5.74) is 3.45. The third-order valence-corrected chi connectivity index (χ3v) is 4.70. The van der Waals surface area contributed by atoms with Gasteiger partial charge in [0.1, 0.15) is 0 Å². The van der Waals surface area contributed by atoms with Gasteiger partial charge in [-0.1, -0.05) is 54.6 Å². The predicted octanol–water partition coefficient (Wildman–Crippen LogP) is 3.40. The van der Waals surface area contributed by atoms with Gasteiger partial charge in [-0.3, -0.25) is 4.79 Å². The molecule has 1 saturated heterocycles. The highest BCUT2D eigenvalue weighted by atomic mass is 16.1. The second kappa shape index (κ2) is 8.65. The largest absolute Gasteiger partial charge is 0.356 e. The van der Waals surface area contributed by atoms with Crippen LogP contribution < -0.4 is 10.6 Å². The van der Waals surface area contributed by atoms with Crippen LogP contribution in [0, 0.1) is 5.92 Å². The summed E-state index contributed by atoms with van der Waals surface area (Å²) in [6.45, 7) is 3.02. The molecule has 1 aliphatic rings. The molecule has 1 atom stereocenters. The van der Waals surface area contributed by atoms with Crippen LogP contribution in [0.4, 0.5) is 0 Å². The Balaban J connectivity index is 1.44. The van der Waals surface area contributed by atoms with Crippen LogP contribution in [0.2, 0.25) is 0 Å². The zero-order valence-corrected chi connectivity index (χ0v) is 14.1. The van der Waals surface area contributed by atoms with E-state index in [9.17, 15) is 4.79 Å². The van der Waals surface area contributed by atoms with Crippen molar-refractivity contribution in [3.63, 3.8) is 0 Å². The Morgan fingerprint density at radius 2 is 1.79 bits per heavy atom. The van der Waals surface area contributed by atoms with E-state index in [0.717, 1.165) is 31.6 Å². The summed E-state index contributed by atoms with van der Waals surface area (Å²) in [6.07, 6.45) is 4.07. The molecule has 0 radical (unpaired) electrons. The maximum atomic E-state index is 12.1.